The highest BCUT2D eigenvalue weighted by Gasteiger charge is 2.15. The molecule has 0 spiro atoms. The molecule has 114 valence electrons. The van der Waals surface area contributed by atoms with Crippen LogP contribution in [-0.2, 0) is 4.79 Å². The quantitative estimate of drug-likeness (QED) is 0.764. The van der Waals surface area contributed by atoms with Gasteiger partial charge in [-0.05, 0) is 37.7 Å². The summed E-state index contributed by atoms with van der Waals surface area (Å²) in [6.45, 7) is 3.65. The molecular formula is C14H18FN3O3. The van der Waals surface area contributed by atoms with Gasteiger partial charge in [0.1, 0.15) is 5.82 Å². The van der Waals surface area contributed by atoms with Crippen molar-refractivity contribution < 1.29 is 19.1 Å². The van der Waals surface area contributed by atoms with E-state index in [1.54, 1.807) is 0 Å². The fourth-order valence-electron chi connectivity index (χ4n) is 2.23. The van der Waals surface area contributed by atoms with E-state index in [4.69, 9.17) is 5.11 Å². The molecule has 0 aliphatic carbocycles. The lowest BCUT2D eigenvalue weighted by molar-refractivity contribution is -0.117. The molecule has 0 atom stereocenters. The monoisotopic (exact) mass is 295 g/mol. The lowest BCUT2D eigenvalue weighted by Crippen LogP contribution is -2.35. The molecule has 1 aromatic carbocycles. The summed E-state index contributed by atoms with van der Waals surface area (Å²) in [7, 11) is 0. The fraction of sp³-hybridized carbons (Fsp3) is 0.429. The third kappa shape index (κ3) is 4.51. The number of amides is 1. The molecule has 2 rings (SSSR count). The molecule has 0 saturated carbocycles. The molecule has 0 unspecified atom stereocenters. The second kappa shape index (κ2) is 7.14. The Labute approximate surface area is 121 Å². The highest BCUT2D eigenvalue weighted by Crippen LogP contribution is 2.15. The van der Waals surface area contributed by atoms with Crippen molar-refractivity contribution in [3.05, 3.63) is 29.6 Å². The minimum atomic E-state index is -1.36. The van der Waals surface area contributed by atoms with Crippen molar-refractivity contribution in [1.29, 1.82) is 0 Å². The molecule has 1 aliphatic heterocycles. The lowest BCUT2D eigenvalue weighted by atomic mass is 10.2. The van der Waals surface area contributed by atoms with E-state index in [1.165, 1.54) is 6.07 Å². The molecule has 1 saturated heterocycles. The van der Waals surface area contributed by atoms with Gasteiger partial charge < -0.3 is 15.7 Å². The Morgan fingerprint density at radius 3 is 2.90 bits per heavy atom. The topological polar surface area (TPSA) is 81.7 Å². The largest absolute Gasteiger partial charge is 0.478 e. The van der Waals surface area contributed by atoms with Crippen molar-refractivity contribution >= 4 is 17.6 Å². The average molecular weight is 295 g/mol. The van der Waals surface area contributed by atoms with E-state index in [0.29, 0.717) is 0 Å². The number of rotatable bonds is 4. The van der Waals surface area contributed by atoms with Gasteiger partial charge in [0.25, 0.3) is 0 Å². The number of hydrogen-bond acceptors (Lipinski definition) is 4. The maximum atomic E-state index is 13.3. The van der Waals surface area contributed by atoms with E-state index in [2.05, 4.69) is 10.6 Å². The number of hydrogen-bond donors (Lipinski definition) is 3. The van der Waals surface area contributed by atoms with Gasteiger partial charge in [-0.25, -0.2) is 9.18 Å². The van der Waals surface area contributed by atoms with Crippen LogP contribution in [0.4, 0.5) is 10.1 Å². The summed E-state index contributed by atoms with van der Waals surface area (Å²) in [4.78, 5) is 24.8. The third-order valence-corrected chi connectivity index (χ3v) is 3.28. The van der Waals surface area contributed by atoms with Crippen LogP contribution in [0.15, 0.2) is 18.2 Å². The first-order valence-corrected chi connectivity index (χ1v) is 6.82. The number of nitrogens with zero attached hydrogens (tertiary/aromatic N) is 1. The number of benzene rings is 1. The number of anilines is 1. The minimum absolute atomic E-state index is 0.236. The molecule has 7 heteroatoms. The van der Waals surface area contributed by atoms with Crippen LogP contribution in [0.3, 0.4) is 0 Å². The van der Waals surface area contributed by atoms with Gasteiger partial charge in [-0.2, -0.15) is 0 Å². The average Bonchev–Trinajstić information content (AvgIpc) is 2.69. The molecule has 1 fully saturated rings. The van der Waals surface area contributed by atoms with Gasteiger partial charge in [0.2, 0.25) is 5.91 Å². The van der Waals surface area contributed by atoms with Gasteiger partial charge in [0.05, 0.1) is 12.1 Å². The normalized spacial score (nSPS) is 16.2. The fourth-order valence-corrected chi connectivity index (χ4v) is 2.23. The molecule has 3 N–H and O–H groups in total. The van der Waals surface area contributed by atoms with Crippen LogP contribution < -0.4 is 10.6 Å². The van der Waals surface area contributed by atoms with Crippen LogP contribution in [0.25, 0.3) is 0 Å². The first-order valence-electron chi connectivity index (χ1n) is 6.82. The highest BCUT2D eigenvalue weighted by atomic mass is 19.1. The molecule has 0 aromatic heterocycles. The van der Waals surface area contributed by atoms with Gasteiger partial charge >= 0.3 is 5.97 Å². The van der Waals surface area contributed by atoms with Crippen LogP contribution in [-0.4, -0.2) is 54.6 Å². The summed E-state index contributed by atoms with van der Waals surface area (Å²) in [5, 5.41) is 14.7. The number of carboxylic acids is 1. The van der Waals surface area contributed by atoms with E-state index in [0.717, 1.165) is 44.7 Å². The number of carbonyl (C=O) groups excluding carboxylic acids is 1. The number of nitrogens with one attached hydrogen (secondary N) is 2. The SMILES string of the molecule is O=C(CN1CCCNCC1)Nc1ccc(F)c(C(=O)O)c1. The molecule has 0 radical (unpaired) electrons. The molecule has 1 aromatic rings. The van der Waals surface area contributed by atoms with E-state index in [1.807, 2.05) is 4.90 Å². The zero-order chi connectivity index (χ0) is 15.2. The standard InChI is InChI=1S/C14H18FN3O3/c15-12-3-2-10(8-11(12)14(20)21)17-13(19)9-18-6-1-4-16-5-7-18/h2-3,8,16H,1,4-7,9H2,(H,17,19)(H,20,21). The van der Waals surface area contributed by atoms with Gasteiger partial charge in [-0.3, -0.25) is 9.69 Å². The van der Waals surface area contributed by atoms with Gasteiger partial charge in [0, 0.05) is 18.8 Å². The molecule has 0 bridgehead atoms. The van der Waals surface area contributed by atoms with Crippen LogP contribution >= 0.6 is 0 Å². The Bertz CT molecular complexity index is 528. The van der Waals surface area contributed by atoms with E-state index in [9.17, 15) is 14.0 Å². The van der Waals surface area contributed by atoms with Gasteiger partial charge in [-0.1, -0.05) is 0 Å². The second-order valence-electron chi connectivity index (χ2n) is 4.93. The smallest absolute Gasteiger partial charge is 0.338 e. The molecule has 1 amide bonds. The number of carbonyl (C=O) groups is 2. The number of carboxylic acid groups (broad SMARTS) is 1. The summed E-state index contributed by atoms with van der Waals surface area (Å²) >= 11 is 0. The van der Waals surface area contributed by atoms with E-state index in [-0.39, 0.29) is 18.1 Å². The first kappa shape index (κ1) is 15.4. The number of aromatic carboxylic acids is 1. The molecule has 1 aliphatic rings. The summed E-state index contributed by atoms with van der Waals surface area (Å²) in [6.07, 6.45) is 0.979. The predicted molar refractivity (Wildman–Crippen MR) is 75.9 cm³/mol. The Hall–Kier alpha value is -1.99. The highest BCUT2D eigenvalue weighted by molar-refractivity contribution is 5.94. The Kier molecular flexibility index (Phi) is 5.24. The Balaban J connectivity index is 1.95. The van der Waals surface area contributed by atoms with Gasteiger partial charge in [-0.15, -0.1) is 0 Å². The zero-order valence-corrected chi connectivity index (χ0v) is 11.6. The van der Waals surface area contributed by atoms with Crippen LogP contribution in [0.5, 0.6) is 0 Å². The molecule has 1 heterocycles. The minimum Gasteiger partial charge on any atom is -0.478 e. The Morgan fingerprint density at radius 2 is 2.14 bits per heavy atom. The molecule has 6 nitrogen and oxygen atoms in total. The lowest BCUT2D eigenvalue weighted by Gasteiger charge is -2.18. The second-order valence-corrected chi connectivity index (χ2v) is 4.93. The molecular weight excluding hydrogens is 277 g/mol. The summed E-state index contributed by atoms with van der Waals surface area (Å²) in [5.41, 5.74) is -0.168. The van der Waals surface area contributed by atoms with E-state index < -0.39 is 17.3 Å². The van der Waals surface area contributed by atoms with E-state index >= 15 is 0 Å². The Morgan fingerprint density at radius 1 is 1.33 bits per heavy atom. The third-order valence-electron chi connectivity index (χ3n) is 3.28. The van der Waals surface area contributed by atoms with Crippen molar-refractivity contribution in [2.24, 2.45) is 0 Å². The first-order chi connectivity index (χ1) is 10.1. The van der Waals surface area contributed by atoms with Crippen molar-refractivity contribution in [2.75, 3.05) is 38.0 Å². The summed E-state index contributed by atoms with van der Waals surface area (Å²) in [6, 6.07) is 3.51. The van der Waals surface area contributed by atoms with Crippen molar-refractivity contribution in [3.63, 3.8) is 0 Å². The van der Waals surface area contributed by atoms with Crippen molar-refractivity contribution in [1.82, 2.24) is 10.2 Å². The summed E-state index contributed by atoms with van der Waals surface area (Å²) < 4.78 is 13.3. The van der Waals surface area contributed by atoms with Gasteiger partial charge in [0.15, 0.2) is 0 Å². The van der Waals surface area contributed by atoms with Crippen molar-refractivity contribution in [2.45, 2.75) is 6.42 Å². The zero-order valence-electron chi connectivity index (χ0n) is 11.6. The van der Waals surface area contributed by atoms with Crippen LogP contribution in [0, 0.1) is 5.82 Å². The van der Waals surface area contributed by atoms with Crippen LogP contribution in [0.1, 0.15) is 16.8 Å². The maximum Gasteiger partial charge on any atom is 0.338 e. The maximum absolute atomic E-state index is 13.3. The number of halogens is 1. The summed E-state index contributed by atoms with van der Waals surface area (Å²) in [5.74, 6) is -2.42. The predicted octanol–water partition coefficient (Wildman–Crippen LogP) is 0.758. The molecule has 21 heavy (non-hydrogen) atoms. The van der Waals surface area contributed by atoms with Crippen molar-refractivity contribution in [3.8, 4) is 0 Å². The van der Waals surface area contributed by atoms with Crippen LogP contribution in [0.2, 0.25) is 0 Å².